The van der Waals surface area contributed by atoms with E-state index in [1.54, 1.807) is 14.2 Å². The summed E-state index contributed by atoms with van der Waals surface area (Å²) in [5, 5.41) is 12.1. The van der Waals surface area contributed by atoms with Gasteiger partial charge in [-0.3, -0.25) is 9.69 Å². The van der Waals surface area contributed by atoms with E-state index < -0.39 is 0 Å². The molecule has 164 valence electrons. The first kappa shape index (κ1) is 22.2. The lowest BCUT2D eigenvalue weighted by Crippen LogP contribution is -2.35. The van der Waals surface area contributed by atoms with Crippen LogP contribution < -0.4 is 14.8 Å². The van der Waals surface area contributed by atoms with E-state index >= 15 is 0 Å². The van der Waals surface area contributed by atoms with Crippen molar-refractivity contribution in [1.29, 1.82) is 0 Å². The molecule has 0 radical (unpaired) electrons. The Labute approximate surface area is 178 Å². The van der Waals surface area contributed by atoms with Gasteiger partial charge in [0, 0.05) is 31.1 Å². The molecular weight excluding hydrogens is 384 g/mol. The Bertz CT molecular complexity index is 820. The molecule has 2 aromatic rings. The third kappa shape index (κ3) is 6.24. The third-order valence-electron chi connectivity index (χ3n) is 5.61. The molecule has 0 bridgehead atoms. The minimum Gasteiger partial charge on any atom is -0.497 e. The van der Waals surface area contributed by atoms with Crippen LogP contribution in [0.1, 0.15) is 42.8 Å². The lowest BCUT2D eigenvalue weighted by atomic mass is 9.93. The normalized spacial score (nSPS) is 17.0. The molecular formula is C23H32N2O5. The number of ether oxygens (including phenoxy) is 2. The number of nitrogens with one attached hydrogen (secondary N) is 1. The monoisotopic (exact) mass is 416 g/mol. The molecule has 30 heavy (non-hydrogen) atoms. The zero-order valence-electron chi connectivity index (χ0n) is 17.9. The first-order chi connectivity index (χ1) is 14.6. The van der Waals surface area contributed by atoms with E-state index in [0.29, 0.717) is 30.4 Å². The second kappa shape index (κ2) is 11.0. The fourth-order valence-corrected chi connectivity index (χ4v) is 3.96. The molecule has 0 unspecified atom stereocenters. The van der Waals surface area contributed by atoms with Gasteiger partial charge in [-0.05, 0) is 56.0 Å². The van der Waals surface area contributed by atoms with Crippen LogP contribution in [0.5, 0.6) is 11.5 Å². The highest BCUT2D eigenvalue weighted by molar-refractivity contribution is 5.75. The number of piperidine rings is 1. The van der Waals surface area contributed by atoms with Gasteiger partial charge in [0.15, 0.2) is 0 Å². The molecule has 1 aliphatic rings. The van der Waals surface area contributed by atoms with Crippen molar-refractivity contribution in [3.63, 3.8) is 0 Å². The topological polar surface area (TPSA) is 84.2 Å². The van der Waals surface area contributed by atoms with E-state index in [1.165, 1.54) is 0 Å². The number of amides is 1. The molecule has 1 aliphatic heterocycles. The molecule has 1 amide bonds. The van der Waals surface area contributed by atoms with Crippen LogP contribution in [0.3, 0.4) is 0 Å². The van der Waals surface area contributed by atoms with Gasteiger partial charge in [0.05, 0.1) is 20.8 Å². The zero-order chi connectivity index (χ0) is 21.3. The molecule has 0 spiro atoms. The summed E-state index contributed by atoms with van der Waals surface area (Å²) >= 11 is 0. The van der Waals surface area contributed by atoms with Crippen LogP contribution in [0.4, 0.5) is 0 Å². The molecule has 0 saturated carbocycles. The van der Waals surface area contributed by atoms with Crippen LogP contribution >= 0.6 is 0 Å². The smallest absolute Gasteiger partial charge is 0.220 e. The summed E-state index contributed by atoms with van der Waals surface area (Å²) in [4.78, 5) is 14.7. The zero-order valence-corrected chi connectivity index (χ0v) is 17.9. The lowest BCUT2D eigenvalue weighted by Gasteiger charge is -2.32. The summed E-state index contributed by atoms with van der Waals surface area (Å²) in [6.45, 7) is 3.12. The summed E-state index contributed by atoms with van der Waals surface area (Å²) in [6, 6.07) is 9.34. The van der Waals surface area contributed by atoms with Crippen molar-refractivity contribution in [1.82, 2.24) is 10.2 Å². The van der Waals surface area contributed by atoms with Crippen LogP contribution in [0.2, 0.25) is 0 Å². The van der Waals surface area contributed by atoms with Gasteiger partial charge in [0.1, 0.15) is 29.6 Å². The van der Waals surface area contributed by atoms with Gasteiger partial charge in [-0.25, -0.2) is 0 Å². The van der Waals surface area contributed by atoms with Gasteiger partial charge in [-0.2, -0.15) is 0 Å². The maximum absolute atomic E-state index is 12.4. The summed E-state index contributed by atoms with van der Waals surface area (Å²) in [5.74, 6) is 3.48. The minimum atomic E-state index is -0.0693. The van der Waals surface area contributed by atoms with Crippen LogP contribution in [-0.2, 0) is 24.5 Å². The predicted octanol–water partition coefficient (Wildman–Crippen LogP) is 3.10. The Morgan fingerprint density at radius 3 is 2.80 bits per heavy atom. The summed E-state index contributed by atoms with van der Waals surface area (Å²) in [7, 11) is 3.23. The molecule has 0 aliphatic carbocycles. The van der Waals surface area contributed by atoms with E-state index in [4.69, 9.17) is 19.0 Å². The molecule has 1 aromatic carbocycles. The maximum Gasteiger partial charge on any atom is 0.220 e. The van der Waals surface area contributed by atoms with Gasteiger partial charge in [0.25, 0.3) is 0 Å². The minimum absolute atomic E-state index is 0.0589. The average Bonchev–Trinajstić information content (AvgIpc) is 3.23. The highest BCUT2D eigenvalue weighted by Crippen LogP contribution is 2.25. The Balaban J connectivity index is 1.42. The van der Waals surface area contributed by atoms with Crippen LogP contribution in [0.25, 0.3) is 0 Å². The van der Waals surface area contributed by atoms with Crippen molar-refractivity contribution in [2.45, 2.75) is 45.4 Å². The van der Waals surface area contributed by atoms with E-state index in [0.717, 1.165) is 56.0 Å². The van der Waals surface area contributed by atoms with Gasteiger partial charge in [-0.15, -0.1) is 0 Å². The number of nitrogens with zero attached hydrogens (tertiary/aromatic N) is 1. The molecule has 1 saturated heterocycles. The summed E-state index contributed by atoms with van der Waals surface area (Å²) < 4.78 is 16.2. The van der Waals surface area contributed by atoms with E-state index in [9.17, 15) is 4.79 Å². The molecule has 2 N–H and O–H groups in total. The highest BCUT2D eigenvalue weighted by Gasteiger charge is 2.21. The fraction of sp³-hybridized carbons (Fsp3) is 0.522. The number of likely N-dealkylation sites (tertiary alicyclic amines) is 1. The molecule has 1 aromatic heterocycles. The molecule has 3 rings (SSSR count). The highest BCUT2D eigenvalue weighted by atomic mass is 16.5. The number of hydrogen-bond acceptors (Lipinski definition) is 6. The number of aliphatic hydroxyl groups excluding tert-OH is 1. The largest absolute Gasteiger partial charge is 0.497 e. The van der Waals surface area contributed by atoms with Crippen molar-refractivity contribution < 1.29 is 23.8 Å². The van der Waals surface area contributed by atoms with Crippen molar-refractivity contribution >= 4 is 5.91 Å². The van der Waals surface area contributed by atoms with E-state index in [2.05, 4.69) is 10.2 Å². The molecule has 1 fully saturated rings. The Morgan fingerprint density at radius 1 is 1.23 bits per heavy atom. The Hall–Kier alpha value is -2.51. The predicted molar refractivity (Wildman–Crippen MR) is 113 cm³/mol. The lowest BCUT2D eigenvalue weighted by molar-refractivity contribution is -0.121. The number of aliphatic hydroxyl groups is 1. The Morgan fingerprint density at radius 2 is 2.07 bits per heavy atom. The quantitative estimate of drug-likeness (QED) is 0.619. The molecule has 7 heteroatoms. The molecule has 2 heterocycles. The second-order valence-corrected chi connectivity index (χ2v) is 7.76. The first-order valence-electron chi connectivity index (χ1n) is 10.5. The van der Waals surface area contributed by atoms with Crippen LogP contribution in [-0.4, -0.2) is 43.2 Å². The molecule has 7 nitrogen and oxygen atoms in total. The number of rotatable bonds is 10. The number of carbonyl (C=O) groups excluding carboxylic acids is 1. The van der Waals surface area contributed by atoms with Crippen molar-refractivity contribution in [2.75, 3.05) is 27.3 Å². The van der Waals surface area contributed by atoms with Crippen LogP contribution in [0.15, 0.2) is 34.7 Å². The number of carbonyl (C=O) groups is 1. The number of hydrogen-bond donors (Lipinski definition) is 2. The van der Waals surface area contributed by atoms with Gasteiger partial charge < -0.3 is 24.3 Å². The van der Waals surface area contributed by atoms with Gasteiger partial charge in [-0.1, -0.05) is 0 Å². The number of furan rings is 1. The van der Waals surface area contributed by atoms with Crippen molar-refractivity contribution in [2.24, 2.45) is 5.92 Å². The standard InChI is InChI=1S/C23H32N2O5/c1-28-19-7-6-18(22(12-19)29-2)13-24-23(27)10-5-17-4-3-11-25(14-17)15-20-8-9-21(16-26)30-20/h6-9,12,17,26H,3-5,10-11,13-16H2,1-2H3,(H,24,27)/t17-/m1/s1. The van der Waals surface area contributed by atoms with Crippen LogP contribution in [0, 0.1) is 5.92 Å². The number of methoxy groups -OCH3 is 2. The van der Waals surface area contributed by atoms with Crippen molar-refractivity contribution in [3.8, 4) is 11.5 Å². The number of benzene rings is 1. The second-order valence-electron chi connectivity index (χ2n) is 7.76. The Kier molecular flexibility index (Phi) is 8.16. The SMILES string of the molecule is COc1ccc(CNC(=O)CC[C@H]2CCCN(Cc3ccc(CO)o3)C2)c(OC)c1. The van der Waals surface area contributed by atoms with Gasteiger partial charge in [0.2, 0.25) is 5.91 Å². The van der Waals surface area contributed by atoms with Gasteiger partial charge >= 0.3 is 0 Å². The fourth-order valence-electron chi connectivity index (χ4n) is 3.96. The molecule has 1 atom stereocenters. The van der Waals surface area contributed by atoms with E-state index in [-0.39, 0.29) is 12.5 Å². The average molecular weight is 417 g/mol. The summed E-state index contributed by atoms with van der Waals surface area (Å²) in [6.07, 6.45) is 3.67. The third-order valence-corrected chi connectivity index (χ3v) is 5.61. The first-order valence-corrected chi connectivity index (χ1v) is 10.5. The van der Waals surface area contributed by atoms with E-state index in [1.807, 2.05) is 30.3 Å². The summed E-state index contributed by atoms with van der Waals surface area (Å²) in [5.41, 5.74) is 0.927. The maximum atomic E-state index is 12.4. The van der Waals surface area contributed by atoms with Crippen molar-refractivity contribution in [3.05, 3.63) is 47.4 Å².